The first-order valence-corrected chi connectivity index (χ1v) is 10.1. The topological polar surface area (TPSA) is 79.8 Å². The molecule has 0 aliphatic carbocycles. The van der Waals surface area contributed by atoms with Gasteiger partial charge in [-0.1, -0.05) is 41.7 Å². The van der Waals surface area contributed by atoms with E-state index in [2.05, 4.69) is 15.4 Å². The monoisotopic (exact) mass is 422 g/mol. The summed E-state index contributed by atoms with van der Waals surface area (Å²) >= 11 is 1.12. The van der Waals surface area contributed by atoms with Crippen molar-refractivity contribution in [2.45, 2.75) is 20.3 Å². The highest BCUT2D eigenvalue weighted by molar-refractivity contribution is 7.16. The van der Waals surface area contributed by atoms with Crippen molar-refractivity contribution in [3.05, 3.63) is 98.2 Å². The first-order valence-electron chi connectivity index (χ1n) is 9.31. The van der Waals surface area contributed by atoms with Gasteiger partial charge in [0.05, 0.1) is 5.69 Å². The van der Waals surface area contributed by atoms with E-state index < -0.39 is 0 Å². The van der Waals surface area contributed by atoms with E-state index in [0.717, 1.165) is 22.6 Å². The standard InChI is InChI=1S/C22H19FN4O2S/c1-13-18(12-15-6-4-3-5-7-15)21(29)27(26-13)22-24-14(2)19(30-22)20(28)25-17-10-8-16(23)9-11-17/h3-11,26H,12H2,1-2H3,(H,25,28). The number of carbonyl (C=O) groups is 1. The Kier molecular flexibility index (Phi) is 5.33. The second-order valence-electron chi connectivity index (χ2n) is 6.89. The Morgan fingerprint density at radius 3 is 2.53 bits per heavy atom. The molecule has 0 bridgehead atoms. The van der Waals surface area contributed by atoms with Gasteiger partial charge in [0.25, 0.3) is 11.5 Å². The smallest absolute Gasteiger partial charge is 0.277 e. The number of hydrogen-bond acceptors (Lipinski definition) is 4. The molecule has 1 amide bonds. The highest BCUT2D eigenvalue weighted by Crippen LogP contribution is 2.23. The first kappa shape index (κ1) is 19.8. The van der Waals surface area contributed by atoms with E-state index in [1.807, 2.05) is 37.3 Å². The van der Waals surface area contributed by atoms with E-state index in [0.29, 0.717) is 33.4 Å². The fourth-order valence-electron chi connectivity index (χ4n) is 3.13. The Hall–Kier alpha value is -3.52. The van der Waals surface area contributed by atoms with Crippen LogP contribution in [0.1, 0.15) is 32.2 Å². The third-order valence-electron chi connectivity index (χ3n) is 4.70. The zero-order chi connectivity index (χ0) is 21.3. The molecule has 8 heteroatoms. The molecule has 2 aromatic carbocycles. The second-order valence-corrected chi connectivity index (χ2v) is 7.87. The third-order valence-corrected chi connectivity index (χ3v) is 5.84. The van der Waals surface area contributed by atoms with Gasteiger partial charge in [0.2, 0.25) is 5.13 Å². The molecule has 0 aliphatic rings. The summed E-state index contributed by atoms with van der Waals surface area (Å²) < 4.78 is 14.4. The lowest BCUT2D eigenvalue weighted by Gasteiger charge is -2.03. The number of aryl methyl sites for hydroxylation is 2. The van der Waals surface area contributed by atoms with Gasteiger partial charge in [-0.2, -0.15) is 4.68 Å². The molecule has 0 saturated heterocycles. The van der Waals surface area contributed by atoms with Crippen molar-refractivity contribution in [1.82, 2.24) is 14.8 Å². The number of thiazole rings is 1. The number of nitrogens with zero attached hydrogens (tertiary/aromatic N) is 2. The van der Waals surface area contributed by atoms with Crippen LogP contribution in [0.3, 0.4) is 0 Å². The predicted molar refractivity (Wildman–Crippen MR) is 115 cm³/mol. The Morgan fingerprint density at radius 2 is 1.83 bits per heavy atom. The van der Waals surface area contributed by atoms with Gasteiger partial charge in [-0.15, -0.1) is 0 Å². The molecule has 0 spiro atoms. The van der Waals surface area contributed by atoms with Gasteiger partial charge in [0.1, 0.15) is 10.7 Å². The van der Waals surface area contributed by atoms with Crippen molar-refractivity contribution in [3.63, 3.8) is 0 Å². The van der Waals surface area contributed by atoms with E-state index in [9.17, 15) is 14.0 Å². The zero-order valence-corrected chi connectivity index (χ0v) is 17.2. The van der Waals surface area contributed by atoms with Crippen LogP contribution in [0.5, 0.6) is 0 Å². The molecule has 152 valence electrons. The Morgan fingerprint density at radius 1 is 1.13 bits per heavy atom. The van der Waals surface area contributed by atoms with Gasteiger partial charge in [-0.05, 0) is 43.7 Å². The van der Waals surface area contributed by atoms with Gasteiger partial charge in [-0.25, -0.2) is 9.37 Å². The van der Waals surface area contributed by atoms with Crippen molar-refractivity contribution < 1.29 is 9.18 Å². The highest BCUT2D eigenvalue weighted by Gasteiger charge is 2.20. The maximum atomic E-state index is 13.1. The van der Waals surface area contributed by atoms with E-state index in [-0.39, 0.29) is 17.3 Å². The molecule has 2 N–H and O–H groups in total. The number of carbonyl (C=O) groups excluding carboxylic acids is 1. The number of H-pyrrole nitrogens is 1. The number of amides is 1. The Bertz CT molecular complexity index is 1260. The summed E-state index contributed by atoms with van der Waals surface area (Å²) in [6.07, 6.45) is 0.511. The van der Waals surface area contributed by atoms with Gasteiger partial charge in [-0.3, -0.25) is 14.7 Å². The highest BCUT2D eigenvalue weighted by atomic mass is 32.1. The zero-order valence-electron chi connectivity index (χ0n) is 16.4. The average molecular weight is 422 g/mol. The van der Waals surface area contributed by atoms with E-state index >= 15 is 0 Å². The van der Waals surface area contributed by atoms with E-state index in [1.54, 1.807) is 6.92 Å². The Labute approximate surface area is 176 Å². The van der Waals surface area contributed by atoms with Crippen LogP contribution in [0.25, 0.3) is 5.13 Å². The summed E-state index contributed by atoms with van der Waals surface area (Å²) in [7, 11) is 0. The summed E-state index contributed by atoms with van der Waals surface area (Å²) in [5, 5.41) is 6.18. The van der Waals surface area contributed by atoms with Crippen LogP contribution in [-0.4, -0.2) is 20.7 Å². The van der Waals surface area contributed by atoms with Crippen LogP contribution >= 0.6 is 11.3 Å². The van der Waals surface area contributed by atoms with Crippen molar-refractivity contribution in [1.29, 1.82) is 0 Å². The van der Waals surface area contributed by atoms with Gasteiger partial charge in [0.15, 0.2) is 0 Å². The SMILES string of the molecule is Cc1nc(-n2[nH]c(C)c(Cc3ccccc3)c2=O)sc1C(=O)Nc1ccc(F)cc1. The molecule has 4 rings (SSSR count). The number of anilines is 1. The minimum atomic E-state index is -0.378. The lowest BCUT2D eigenvalue weighted by atomic mass is 10.1. The molecule has 4 aromatic rings. The third kappa shape index (κ3) is 3.95. The van der Waals surface area contributed by atoms with Gasteiger partial charge < -0.3 is 5.32 Å². The van der Waals surface area contributed by atoms with Crippen molar-refractivity contribution in [2.24, 2.45) is 0 Å². The molecule has 2 aromatic heterocycles. The Balaban J connectivity index is 1.61. The lowest BCUT2D eigenvalue weighted by Crippen LogP contribution is -2.17. The summed E-state index contributed by atoms with van der Waals surface area (Å²) in [6.45, 7) is 3.56. The molecule has 2 heterocycles. The van der Waals surface area contributed by atoms with Crippen LogP contribution in [0.2, 0.25) is 0 Å². The number of rotatable bonds is 5. The summed E-state index contributed by atoms with van der Waals surface area (Å²) in [5.74, 6) is -0.735. The number of nitrogens with one attached hydrogen (secondary N) is 2. The molecule has 0 unspecified atom stereocenters. The minimum absolute atomic E-state index is 0.185. The number of benzene rings is 2. The largest absolute Gasteiger partial charge is 0.321 e. The van der Waals surface area contributed by atoms with Gasteiger partial charge >= 0.3 is 0 Å². The lowest BCUT2D eigenvalue weighted by molar-refractivity contribution is 0.103. The first-order chi connectivity index (χ1) is 14.4. The predicted octanol–water partition coefficient (Wildman–Crippen LogP) is 4.22. The molecule has 0 fully saturated rings. The van der Waals surface area contributed by atoms with Crippen LogP contribution in [0, 0.1) is 19.7 Å². The number of aromatic nitrogens is 3. The number of hydrogen-bond donors (Lipinski definition) is 2. The quantitative estimate of drug-likeness (QED) is 0.505. The van der Waals surface area contributed by atoms with Crippen molar-refractivity contribution in [3.8, 4) is 5.13 Å². The minimum Gasteiger partial charge on any atom is -0.321 e. The fourth-order valence-corrected chi connectivity index (χ4v) is 4.06. The van der Waals surface area contributed by atoms with Crippen LogP contribution in [0.4, 0.5) is 10.1 Å². The maximum absolute atomic E-state index is 13.1. The van der Waals surface area contributed by atoms with E-state index in [4.69, 9.17) is 0 Å². The molecule has 6 nitrogen and oxygen atoms in total. The number of aromatic amines is 1. The molecule has 30 heavy (non-hydrogen) atoms. The second kappa shape index (κ2) is 8.08. The van der Waals surface area contributed by atoms with Crippen molar-refractivity contribution in [2.75, 3.05) is 5.32 Å². The molecule has 0 radical (unpaired) electrons. The van der Waals surface area contributed by atoms with E-state index in [1.165, 1.54) is 28.9 Å². The molecular weight excluding hydrogens is 403 g/mol. The van der Waals surface area contributed by atoms with Crippen molar-refractivity contribution >= 4 is 22.9 Å². The molecule has 0 aliphatic heterocycles. The van der Waals surface area contributed by atoms with Crippen LogP contribution < -0.4 is 10.9 Å². The fraction of sp³-hybridized carbons (Fsp3) is 0.136. The van der Waals surface area contributed by atoms with Crippen LogP contribution in [0.15, 0.2) is 59.4 Å². The maximum Gasteiger partial charge on any atom is 0.277 e. The normalized spacial score (nSPS) is 10.9. The average Bonchev–Trinajstić information content (AvgIpc) is 3.25. The summed E-state index contributed by atoms with van der Waals surface area (Å²) in [4.78, 5) is 30.4. The van der Waals surface area contributed by atoms with Gasteiger partial charge in [0, 0.05) is 23.4 Å². The number of halogens is 1. The summed E-state index contributed by atoms with van der Waals surface area (Å²) in [5.41, 5.74) is 3.27. The molecule has 0 saturated carbocycles. The molecular formula is C22H19FN4O2S. The van der Waals surface area contributed by atoms with Crippen LogP contribution in [-0.2, 0) is 6.42 Å². The summed E-state index contributed by atoms with van der Waals surface area (Å²) in [6, 6.07) is 15.3. The molecule has 0 atom stereocenters.